The number of ether oxygens (including phenoxy) is 2. The SMILES string of the molecule is COc1ccc(N2C(=O)N(C3=C(C)C=CCC3C)Cc3cnc(Nc4ccc(C5CCN(C)CC5)c(OC)c4)nc32)nc1. The van der Waals surface area contributed by atoms with Crippen molar-refractivity contribution in [2.75, 3.05) is 44.6 Å². The summed E-state index contributed by atoms with van der Waals surface area (Å²) < 4.78 is 11.1. The van der Waals surface area contributed by atoms with Gasteiger partial charge >= 0.3 is 6.03 Å². The number of pyridine rings is 1. The predicted molar refractivity (Wildman–Crippen MR) is 167 cm³/mol. The second-order valence-corrected chi connectivity index (χ2v) is 11.6. The molecule has 0 spiro atoms. The van der Waals surface area contributed by atoms with Crippen molar-refractivity contribution in [2.45, 2.75) is 45.6 Å². The highest BCUT2D eigenvalue weighted by molar-refractivity contribution is 6.01. The molecule has 3 aromatic rings. The molecule has 10 nitrogen and oxygen atoms in total. The van der Waals surface area contributed by atoms with Crippen LogP contribution in [-0.2, 0) is 6.54 Å². The minimum atomic E-state index is -0.199. The van der Waals surface area contributed by atoms with E-state index in [4.69, 9.17) is 14.5 Å². The fourth-order valence-electron chi connectivity index (χ4n) is 6.32. The minimum absolute atomic E-state index is 0.199. The van der Waals surface area contributed by atoms with Crippen molar-refractivity contribution in [2.24, 2.45) is 5.92 Å². The third-order valence-corrected chi connectivity index (χ3v) is 8.66. The van der Waals surface area contributed by atoms with E-state index in [1.54, 1.807) is 43.6 Å². The summed E-state index contributed by atoms with van der Waals surface area (Å²) in [6, 6.07) is 9.55. The Morgan fingerprint density at radius 2 is 1.84 bits per heavy atom. The van der Waals surface area contributed by atoms with Crippen molar-refractivity contribution < 1.29 is 14.3 Å². The molecule has 1 atom stereocenters. The molecular weight excluding hydrogens is 542 g/mol. The molecule has 10 heteroatoms. The molecule has 1 saturated heterocycles. The van der Waals surface area contributed by atoms with Crippen LogP contribution >= 0.6 is 0 Å². The summed E-state index contributed by atoms with van der Waals surface area (Å²) in [5, 5.41) is 3.34. The van der Waals surface area contributed by atoms with Crippen LogP contribution < -0.4 is 19.7 Å². The quantitative estimate of drug-likeness (QED) is 0.343. The van der Waals surface area contributed by atoms with Gasteiger partial charge in [0.1, 0.15) is 17.3 Å². The monoisotopic (exact) mass is 581 g/mol. The Morgan fingerprint density at radius 1 is 1.02 bits per heavy atom. The predicted octanol–water partition coefficient (Wildman–Crippen LogP) is 6.39. The molecule has 0 saturated carbocycles. The Morgan fingerprint density at radius 3 is 2.53 bits per heavy atom. The molecule has 1 aromatic carbocycles. The Bertz CT molecular complexity index is 1560. The number of nitrogens with zero attached hydrogens (tertiary/aromatic N) is 6. The Balaban J connectivity index is 1.34. The van der Waals surface area contributed by atoms with Crippen molar-refractivity contribution in [3.63, 3.8) is 0 Å². The molecular formula is C33H39N7O3. The third-order valence-electron chi connectivity index (χ3n) is 8.66. The van der Waals surface area contributed by atoms with E-state index in [0.29, 0.717) is 35.8 Å². The van der Waals surface area contributed by atoms with E-state index in [-0.39, 0.29) is 11.9 Å². The minimum Gasteiger partial charge on any atom is -0.496 e. The van der Waals surface area contributed by atoms with Crippen LogP contribution in [0.3, 0.4) is 0 Å². The number of amides is 2. The van der Waals surface area contributed by atoms with E-state index in [1.165, 1.54) is 5.56 Å². The van der Waals surface area contributed by atoms with E-state index >= 15 is 0 Å². The van der Waals surface area contributed by atoms with Crippen molar-refractivity contribution in [1.29, 1.82) is 0 Å². The lowest BCUT2D eigenvalue weighted by Crippen LogP contribution is -2.46. The van der Waals surface area contributed by atoms with Crippen LogP contribution in [0.5, 0.6) is 11.5 Å². The lowest BCUT2D eigenvalue weighted by Gasteiger charge is -2.39. The third kappa shape index (κ3) is 5.67. The summed E-state index contributed by atoms with van der Waals surface area (Å²) in [5.41, 5.74) is 4.96. The van der Waals surface area contributed by atoms with E-state index in [1.807, 2.05) is 17.0 Å². The van der Waals surface area contributed by atoms with Crippen LogP contribution in [0.4, 0.5) is 28.1 Å². The number of hydrogen-bond donors (Lipinski definition) is 1. The Labute approximate surface area is 253 Å². The van der Waals surface area contributed by atoms with Gasteiger partial charge in [-0.25, -0.2) is 19.7 Å². The first-order chi connectivity index (χ1) is 20.9. The Kier molecular flexibility index (Phi) is 8.03. The lowest BCUT2D eigenvalue weighted by molar-refractivity contribution is 0.209. The second-order valence-electron chi connectivity index (χ2n) is 11.6. The van der Waals surface area contributed by atoms with Crippen LogP contribution in [0.25, 0.3) is 0 Å². The number of benzene rings is 1. The summed E-state index contributed by atoms with van der Waals surface area (Å²) in [5.74, 6) is 3.49. The number of allylic oxidation sites excluding steroid dienone is 4. The molecule has 2 aromatic heterocycles. The number of fused-ring (bicyclic) bond motifs is 1. The van der Waals surface area contributed by atoms with Crippen molar-refractivity contribution in [3.8, 4) is 11.5 Å². The van der Waals surface area contributed by atoms with Crippen molar-refractivity contribution in [1.82, 2.24) is 24.8 Å². The van der Waals surface area contributed by atoms with Crippen molar-refractivity contribution in [3.05, 3.63) is 77.3 Å². The van der Waals surface area contributed by atoms with Gasteiger partial charge < -0.3 is 19.7 Å². The molecule has 1 N–H and O–H groups in total. The second kappa shape index (κ2) is 12.0. The first-order valence-electron chi connectivity index (χ1n) is 14.8. The maximum Gasteiger partial charge on any atom is 0.336 e. The molecule has 0 radical (unpaired) electrons. The van der Waals surface area contributed by atoms with Gasteiger partial charge in [-0.1, -0.05) is 25.1 Å². The summed E-state index contributed by atoms with van der Waals surface area (Å²) >= 11 is 0. The van der Waals surface area contributed by atoms with Crippen LogP contribution in [0, 0.1) is 5.92 Å². The van der Waals surface area contributed by atoms with Crippen LogP contribution in [0.2, 0.25) is 0 Å². The average molecular weight is 582 g/mol. The molecule has 1 fully saturated rings. The molecule has 1 unspecified atom stereocenters. The number of rotatable bonds is 7. The van der Waals surface area contributed by atoms with E-state index in [9.17, 15) is 4.79 Å². The Hall–Kier alpha value is -4.44. The van der Waals surface area contributed by atoms with Gasteiger partial charge in [0, 0.05) is 35.1 Å². The zero-order chi connectivity index (χ0) is 30.1. The first kappa shape index (κ1) is 28.7. The number of urea groups is 1. The zero-order valence-corrected chi connectivity index (χ0v) is 25.5. The topological polar surface area (TPSA) is 96.0 Å². The van der Waals surface area contributed by atoms with Gasteiger partial charge in [-0.2, -0.15) is 4.98 Å². The van der Waals surface area contributed by atoms with Gasteiger partial charge in [0.15, 0.2) is 5.82 Å². The molecule has 224 valence electrons. The number of aromatic nitrogens is 3. The highest BCUT2D eigenvalue weighted by atomic mass is 16.5. The first-order valence-corrected chi connectivity index (χ1v) is 14.8. The maximum absolute atomic E-state index is 14.2. The number of methoxy groups -OCH3 is 2. The van der Waals surface area contributed by atoms with Gasteiger partial charge in [0.25, 0.3) is 0 Å². The zero-order valence-electron chi connectivity index (χ0n) is 25.5. The summed E-state index contributed by atoms with van der Waals surface area (Å²) in [7, 11) is 5.47. The molecule has 2 aliphatic heterocycles. The number of carbonyl (C=O) groups is 1. The average Bonchev–Trinajstić information content (AvgIpc) is 3.02. The number of anilines is 4. The molecule has 2 amide bonds. The van der Waals surface area contributed by atoms with E-state index < -0.39 is 0 Å². The summed E-state index contributed by atoms with van der Waals surface area (Å²) in [6.07, 6.45) is 10.7. The number of nitrogens with one attached hydrogen (secondary N) is 1. The molecule has 1 aliphatic carbocycles. The van der Waals surface area contributed by atoms with Crippen LogP contribution in [0.1, 0.15) is 50.2 Å². The lowest BCUT2D eigenvalue weighted by atomic mass is 9.89. The summed E-state index contributed by atoms with van der Waals surface area (Å²) in [6.45, 7) is 6.75. The van der Waals surface area contributed by atoms with Crippen LogP contribution in [-0.4, -0.2) is 65.1 Å². The van der Waals surface area contributed by atoms with Gasteiger partial charge in [-0.15, -0.1) is 0 Å². The number of hydrogen-bond acceptors (Lipinski definition) is 8. The smallest absolute Gasteiger partial charge is 0.336 e. The summed E-state index contributed by atoms with van der Waals surface area (Å²) in [4.78, 5) is 34.1. The van der Waals surface area contributed by atoms with Gasteiger partial charge in [-0.3, -0.25) is 4.90 Å². The maximum atomic E-state index is 14.2. The van der Waals surface area contributed by atoms with Gasteiger partial charge in [0.2, 0.25) is 5.95 Å². The van der Waals surface area contributed by atoms with Crippen molar-refractivity contribution >= 4 is 29.3 Å². The highest BCUT2D eigenvalue weighted by Gasteiger charge is 2.38. The molecule has 0 bridgehead atoms. The molecule has 6 rings (SSSR count). The van der Waals surface area contributed by atoms with E-state index in [2.05, 4.69) is 59.3 Å². The van der Waals surface area contributed by atoms with E-state index in [0.717, 1.165) is 60.6 Å². The van der Waals surface area contributed by atoms with Crippen LogP contribution in [0.15, 0.2) is 66.1 Å². The molecule has 4 heterocycles. The molecule has 43 heavy (non-hydrogen) atoms. The highest BCUT2D eigenvalue weighted by Crippen LogP contribution is 2.40. The number of piperidine rings is 1. The normalized spacial score (nSPS) is 19.5. The number of carbonyl (C=O) groups excluding carboxylic acids is 1. The fourth-order valence-corrected chi connectivity index (χ4v) is 6.32. The molecule has 3 aliphatic rings. The van der Waals surface area contributed by atoms with Gasteiger partial charge in [-0.05, 0) is 81.6 Å². The fraction of sp³-hybridized carbons (Fsp3) is 0.394. The number of likely N-dealkylation sites (tertiary alicyclic amines) is 1. The van der Waals surface area contributed by atoms with Gasteiger partial charge in [0.05, 0.1) is 27.0 Å². The largest absolute Gasteiger partial charge is 0.496 e. The standard InChI is InChI=1S/C33H39N7O3/c1-21-7-6-8-22(2)30(21)39-20-24-18-35-32(37-31(24)40(33(39)41)29-12-10-26(42-4)19-34-29)36-25-9-11-27(28(17-25)43-5)23-13-15-38(3)16-14-23/h6-7,9-12,17-19,22-23H,8,13-16,20H2,1-5H3,(H,35,36,37).